The van der Waals surface area contributed by atoms with Crippen LogP contribution in [0.4, 0.5) is 5.69 Å². The van der Waals surface area contributed by atoms with Crippen molar-refractivity contribution in [1.29, 1.82) is 0 Å². The summed E-state index contributed by atoms with van der Waals surface area (Å²) in [4.78, 5) is 16.5. The van der Waals surface area contributed by atoms with E-state index in [0.717, 1.165) is 16.6 Å². The highest BCUT2D eigenvalue weighted by molar-refractivity contribution is 6.02. The predicted octanol–water partition coefficient (Wildman–Crippen LogP) is 5.05. The predicted molar refractivity (Wildman–Crippen MR) is 101 cm³/mol. The Morgan fingerprint density at radius 2 is 2.04 bits per heavy atom. The lowest BCUT2D eigenvalue weighted by atomic mass is 10.1. The molecule has 0 spiro atoms. The van der Waals surface area contributed by atoms with Crippen LogP contribution >= 0.6 is 0 Å². The van der Waals surface area contributed by atoms with E-state index >= 15 is 0 Å². The van der Waals surface area contributed by atoms with E-state index in [1.807, 2.05) is 37.3 Å². The summed E-state index contributed by atoms with van der Waals surface area (Å²) in [5.41, 5.74) is 4.06. The van der Waals surface area contributed by atoms with Crippen molar-refractivity contribution in [3.8, 4) is 11.5 Å². The van der Waals surface area contributed by atoms with E-state index < -0.39 is 0 Å². The highest BCUT2D eigenvalue weighted by Crippen LogP contribution is 2.26. The molecular weight excluding hydrogens is 328 g/mol. The second-order valence-corrected chi connectivity index (χ2v) is 5.91. The Balaban J connectivity index is 1.55. The Kier molecular flexibility index (Phi) is 4.11. The zero-order chi connectivity index (χ0) is 17.9. The number of fused-ring (bicyclic) bond motifs is 1. The number of hydrogen-bond acceptors (Lipinski definition) is 4. The van der Waals surface area contributed by atoms with E-state index in [-0.39, 0.29) is 5.91 Å². The van der Waals surface area contributed by atoms with E-state index in [1.165, 1.54) is 6.08 Å². The van der Waals surface area contributed by atoms with E-state index in [2.05, 4.69) is 10.3 Å². The largest absolute Gasteiger partial charge is 0.465 e. The highest BCUT2D eigenvalue weighted by Gasteiger charge is 2.09. The Hall–Kier alpha value is -3.60. The molecule has 0 aliphatic carbocycles. The third-order valence-corrected chi connectivity index (χ3v) is 3.86. The van der Waals surface area contributed by atoms with Crippen LogP contribution in [0.2, 0.25) is 0 Å². The molecule has 4 rings (SSSR count). The summed E-state index contributed by atoms with van der Waals surface area (Å²) >= 11 is 0. The number of furan rings is 1. The van der Waals surface area contributed by atoms with Crippen LogP contribution < -0.4 is 5.32 Å². The number of carbonyl (C=O) groups excluding carboxylic acids is 1. The van der Waals surface area contributed by atoms with Gasteiger partial charge in [-0.2, -0.15) is 0 Å². The minimum Gasteiger partial charge on any atom is -0.465 e. The fourth-order valence-corrected chi connectivity index (χ4v) is 2.63. The molecule has 5 nitrogen and oxygen atoms in total. The van der Waals surface area contributed by atoms with Crippen molar-refractivity contribution in [1.82, 2.24) is 4.98 Å². The van der Waals surface area contributed by atoms with Gasteiger partial charge in [0.15, 0.2) is 5.58 Å². The average molecular weight is 344 g/mol. The summed E-state index contributed by atoms with van der Waals surface area (Å²) in [7, 11) is 0. The Morgan fingerprint density at radius 3 is 2.85 bits per heavy atom. The first kappa shape index (κ1) is 15.9. The first-order valence-corrected chi connectivity index (χ1v) is 8.17. The molecule has 0 saturated carbocycles. The summed E-state index contributed by atoms with van der Waals surface area (Å²) in [6, 6.07) is 16.9. The Morgan fingerprint density at radius 1 is 1.12 bits per heavy atom. The molecule has 0 aliphatic rings. The van der Waals surface area contributed by atoms with Crippen LogP contribution in [-0.2, 0) is 4.79 Å². The summed E-state index contributed by atoms with van der Waals surface area (Å²) in [6.07, 6.45) is 4.58. The number of aromatic nitrogens is 1. The number of amides is 1. The lowest BCUT2D eigenvalue weighted by molar-refractivity contribution is -0.111. The van der Waals surface area contributed by atoms with Gasteiger partial charge in [-0.3, -0.25) is 4.79 Å². The molecule has 0 unspecified atom stereocenters. The third kappa shape index (κ3) is 3.42. The van der Waals surface area contributed by atoms with E-state index in [4.69, 9.17) is 8.83 Å². The van der Waals surface area contributed by atoms with E-state index in [0.29, 0.717) is 22.9 Å². The van der Waals surface area contributed by atoms with Crippen molar-refractivity contribution in [3.05, 3.63) is 78.3 Å². The maximum Gasteiger partial charge on any atom is 0.248 e. The molecule has 4 aromatic rings. The van der Waals surface area contributed by atoms with Crippen LogP contribution in [0, 0.1) is 6.92 Å². The number of carbonyl (C=O) groups is 1. The summed E-state index contributed by atoms with van der Waals surface area (Å²) in [6.45, 7) is 2.02. The number of nitrogens with one attached hydrogen (secondary N) is 1. The quantitative estimate of drug-likeness (QED) is 0.526. The highest BCUT2D eigenvalue weighted by atomic mass is 16.3. The molecule has 2 aromatic carbocycles. The molecule has 0 saturated heterocycles. The molecule has 128 valence electrons. The minimum absolute atomic E-state index is 0.251. The first-order chi connectivity index (χ1) is 12.7. The molecule has 0 aliphatic heterocycles. The second kappa shape index (κ2) is 6.72. The minimum atomic E-state index is -0.251. The van der Waals surface area contributed by atoms with Gasteiger partial charge in [0, 0.05) is 23.4 Å². The monoisotopic (exact) mass is 344 g/mol. The second-order valence-electron chi connectivity index (χ2n) is 5.91. The van der Waals surface area contributed by atoms with Crippen molar-refractivity contribution in [2.24, 2.45) is 0 Å². The van der Waals surface area contributed by atoms with Gasteiger partial charge in [-0.1, -0.05) is 17.7 Å². The lowest BCUT2D eigenvalue weighted by Crippen LogP contribution is -2.07. The molecule has 1 amide bonds. The van der Waals surface area contributed by atoms with Gasteiger partial charge in [0.05, 0.1) is 6.26 Å². The van der Waals surface area contributed by atoms with Crippen molar-refractivity contribution in [2.45, 2.75) is 6.92 Å². The van der Waals surface area contributed by atoms with Gasteiger partial charge in [-0.15, -0.1) is 0 Å². The fraction of sp³-hybridized carbons (Fsp3) is 0.0476. The zero-order valence-electron chi connectivity index (χ0n) is 14.1. The first-order valence-electron chi connectivity index (χ1n) is 8.17. The molecule has 0 bridgehead atoms. The maximum absolute atomic E-state index is 12.0. The molecule has 2 aromatic heterocycles. The molecule has 5 heteroatoms. The molecule has 2 heterocycles. The molecule has 0 atom stereocenters. The summed E-state index contributed by atoms with van der Waals surface area (Å²) < 4.78 is 11.0. The smallest absolute Gasteiger partial charge is 0.248 e. The van der Waals surface area contributed by atoms with Gasteiger partial charge in [0.2, 0.25) is 11.8 Å². The fourth-order valence-electron chi connectivity index (χ4n) is 2.63. The zero-order valence-corrected chi connectivity index (χ0v) is 14.1. The van der Waals surface area contributed by atoms with Gasteiger partial charge < -0.3 is 14.2 Å². The van der Waals surface area contributed by atoms with Gasteiger partial charge in [0.25, 0.3) is 0 Å². The summed E-state index contributed by atoms with van der Waals surface area (Å²) in [5.74, 6) is 0.928. The summed E-state index contributed by atoms with van der Waals surface area (Å²) in [5, 5.41) is 2.80. The average Bonchev–Trinajstić information content (AvgIpc) is 3.29. The van der Waals surface area contributed by atoms with Crippen molar-refractivity contribution < 1.29 is 13.6 Å². The third-order valence-electron chi connectivity index (χ3n) is 3.86. The standard InChI is InChI=1S/C21H16N2O3/c1-14-4-2-5-15(12-14)21-23-18-9-7-16(13-19(18)26-21)22-20(24)10-8-17-6-3-11-25-17/h2-13H,1H3,(H,22,24)/b10-8+. The van der Waals surface area contributed by atoms with Gasteiger partial charge in [-0.25, -0.2) is 4.98 Å². The molecule has 1 N–H and O–H groups in total. The number of nitrogens with zero attached hydrogens (tertiary/aromatic N) is 1. The number of hydrogen-bond donors (Lipinski definition) is 1. The molecule has 0 fully saturated rings. The number of benzene rings is 2. The number of aryl methyl sites for hydroxylation is 1. The van der Waals surface area contributed by atoms with Crippen LogP contribution in [0.25, 0.3) is 28.6 Å². The number of rotatable bonds is 4. The van der Waals surface area contributed by atoms with Gasteiger partial charge in [-0.05, 0) is 49.4 Å². The lowest BCUT2D eigenvalue weighted by Gasteiger charge is -2.00. The van der Waals surface area contributed by atoms with Gasteiger partial charge in [0.1, 0.15) is 11.3 Å². The number of anilines is 1. The van der Waals surface area contributed by atoms with Crippen molar-refractivity contribution in [2.75, 3.05) is 5.32 Å². The van der Waals surface area contributed by atoms with E-state index in [1.54, 1.807) is 36.6 Å². The Bertz CT molecular complexity index is 1090. The molecular formula is C21H16N2O3. The van der Waals surface area contributed by atoms with Crippen LogP contribution in [-0.4, -0.2) is 10.9 Å². The van der Waals surface area contributed by atoms with Crippen LogP contribution in [0.1, 0.15) is 11.3 Å². The normalized spacial score (nSPS) is 11.3. The van der Waals surface area contributed by atoms with Crippen LogP contribution in [0.15, 0.2) is 75.8 Å². The van der Waals surface area contributed by atoms with E-state index in [9.17, 15) is 4.79 Å². The number of oxazole rings is 1. The maximum atomic E-state index is 12.0. The topological polar surface area (TPSA) is 68.3 Å². The van der Waals surface area contributed by atoms with Crippen molar-refractivity contribution in [3.63, 3.8) is 0 Å². The van der Waals surface area contributed by atoms with Crippen LogP contribution in [0.3, 0.4) is 0 Å². The van der Waals surface area contributed by atoms with Gasteiger partial charge >= 0.3 is 0 Å². The SMILES string of the molecule is Cc1cccc(-c2nc3ccc(NC(=O)/C=C/c4ccco4)cc3o2)c1. The molecule has 26 heavy (non-hydrogen) atoms. The Labute approximate surface area is 150 Å². The van der Waals surface area contributed by atoms with Crippen molar-refractivity contribution >= 4 is 28.8 Å². The molecule has 0 radical (unpaired) electrons. The van der Waals surface area contributed by atoms with Crippen LogP contribution in [0.5, 0.6) is 0 Å².